The van der Waals surface area contributed by atoms with Crippen molar-refractivity contribution in [3.8, 4) is 0 Å². The van der Waals surface area contributed by atoms with Gasteiger partial charge in [0, 0.05) is 12.8 Å². The van der Waals surface area contributed by atoms with Gasteiger partial charge in [-0.3, -0.25) is 9.59 Å². The van der Waals surface area contributed by atoms with Crippen molar-refractivity contribution < 1.29 is 39.5 Å². The van der Waals surface area contributed by atoms with Crippen molar-refractivity contribution >= 4 is 11.9 Å². The number of esters is 2. The molecule has 0 rings (SSSR count). The van der Waals surface area contributed by atoms with Gasteiger partial charge in [-0.15, -0.1) is 13.2 Å². The molecule has 0 aromatic carbocycles. The van der Waals surface area contributed by atoms with Crippen molar-refractivity contribution in [1.82, 2.24) is 0 Å². The second-order valence-corrected chi connectivity index (χ2v) is 12.3. The molecule has 49 heavy (non-hydrogen) atoms. The van der Waals surface area contributed by atoms with Crippen molar-refractivity contribution in [2.45, 2.75) is 195 Å². The Morgan fingerprint density at radius 1 is 0.510 bits per heavy atom. The van der Waals surface area contributed by atoms with Gasteiger partial charge in [0.05, 0.1) is 26.4 Å². The van der Waals surface area contributed by atoms with E-state index < -0.39 is 0 Å². The summed E-state index contributed by atoms with van der Waals surface area (Å²) < 4.78 is 10.7. The fourth-order valence-corrected chi connectivity index (χ4v) is 4.47. The number of hydrogen-bond donors (Lipinski definition) is 4. The van der Waals surface area contributed by atoms with Gasteiger partial charge in [-0.1, -0.05) is 154 Å². The average Bonchev–Trinajstić information content (AvgIpc) is 3.09. The van der Waals surface area contributed by atoms with E-state index >= 15 is 0 Å². The number of carbonyl (C=O) groups is 2. The van der Waals surface area contributed by atoms with E-state index in [1.807, 2.05) is 13.8 Å². The summed E-state index contributed by atoms with van der Waals surface area (Å²) in [7, 11) is 0. The van der Waals surface area contributed by atoms with Gasteiger partial charge in [0.25, 0.3) is 0 Å². The fourth-order valence-electron chi connectivity index (χ4n) is 4.47. The maximum absolute atomic E-state index is 12.0. The summed E-state index contributed by atoms with van der Waals surface area (Å²) in [6.07, 6.45) is 32.0. The lowest BCUT2D eigenvalue weighted by molar-refractivity contribution is -0.158. The molecule has 1 unspecified atom stereocenters. The van der Waals surface area contributed by atoms with E-state index in [1.54, 1.807) is 19.1 Å². The largest absolute Gasteiger partial charge is 0.462 e. The second kappa shape index (κ2) is 58.5. The molecular formula is C41H84O8. The summed E-state index contributed by atoms with van der Waals surface area (Å²) in [5, 5.41) is 30.5. The molecule has 0 aliphatic heterocycles. The number of aliphatic hydroxyl groups excluding tert-OH is 4. The van der Waals surface area contributed by atoms with Gasteiger partial charge in [-0.2, -0.15) is 0 Å². The predicted molar refractivity (Wildman–Crippen MR) is 209 cm³/mol. The van der Waals surface area contributed by atoms with E-state index in [2.05, 4.69) is 27.0 Å². The monoisotopic (exact) mass is 705 g/mol. The van der Waals surface area contributed by atoms with Gasteiger partial charge in [-0.05, 0) is 33.6 Å². The molecule has 0 saturated heterocycles. The maximum atomic E-state index is 12.0. The first-order valence-corrected chi connectivity index (χ1v) is 19.7. The molecular weight excluding hydrogens is 620 g/mol. The van der Waals surface area contributed by atoms with Gasteiger partial charge in [0.2, 0.25) is 0 Å². The first kappa shape index (κ1) is 56.6. The Bertz CT molecular complexity index is 598. The molecule has 0 amide bonds. The molecule has 0 heterocycles. The zero-order chi connectivity index (χ0) is 38.1. The van der Waals surface area contributed by atoms with Crippen molar-refractivity contribution in [1.29, 1.82) is 0 Å². The molecule has 8 heteroatoms. The molecule has 0 radical (unpaired) electrons. The molecule has 0 aromatic heterocycles. The van der Waals surface area contributed by atoms with Crippen LogP contribution in [0.15, 0.2) is 25.3 Å². The first-order chi connectivity index (χ1) is 23.8. The zero-order valence-corrected chi connectivity index (χ0v) is 33.1. The third-order valence-corrected chi connectivity index (χ3v) is 6.98. The topological polar surface area (TPSA) is 134 Å². The summed E-state index contributed by atoms with van der Waals surface area (Å²) in [6, 6.07) is 0. The molecule has 8 nitrogen and oxygen atoms in total. The minimum Gasteiger partial charge on any atom is -0.462 e. The predicted octanol–water partition coefficient (Wildman–Crippen LogP) is 10.2. The van der Waals surface area contributed by atoms with Crippen LogP contribution >= 0.6 is 0 Å². The standard InChI is InChI=1S/C31H60O4.2C3H6.2C2H6O2/c1-4-6-8-10-12-14-16-18-20-22-24-26-30(32)34-28-29(3)35-31(33)27-25-23-21-19-17-15-13-11-9-7-5-2;2*1-3-2;2*3-1-2-4/h29H,4-28H2,1-3H3;2*3H,1H2,2H3;2*3-4H,1-2H2. The van der Waals surface area contributed by atoms with Crippen LogP contribution in [-0.2, 0) is 19.1 Å². The molecule has 4 N–H and O–H groups in total. The van der Waals surface area contributed by atoms with Crippen LogP contribution in [0.25, 0.3) is 0 Å². The fraction of sp³-hybridized carbons (Fsp3) is 0.854. The number of unbranched alkanes of at least 4 members (excludes halogenated alkanes) is 20. The molecule has 0 spiro atoms. The third-order valence-electron chi connectivity index (χ3n) is 6.98. The van der Waals surface area contributed by atoms with E-state index in [0.717, 1.165) is 25.7 Å². The van der Waals surface area contributed by atoms with Crippen LogP contribution in [0.1, 0.15) is 189 Å². The van der Waals surface area contributed by atoms with Crippen LogP contribution in [0.3, 0.4) is 0 Å². The first-order valence-electron chi connectivity index (χ1n) is 19.7. The quantitative estimate of drug-likeness (QED) is 0.0343. The van der Waals surface area contributed by atoms with Crippen LogP contribution in [0.5, 0.6) is 0 Å². The molecule has 0 aromatic rings. The van der Waals surface area contributed by atoms with E-state index in [1.165, 1.54) is 116 Å². The normalized spacial score (nSPS) is 10.3. The van der Waals surface area contributed by atoms with Crippen molar-refractivity contribution in [2.75, 3.05) is 33.0 Å². The Kier molecular flexibility index (Phi) is 67.6. The van der Waals surface area contributed by atoms with Crippen LogP contribution in [-0.4, -0.2) is 71.5 Å². The highest BCUT2D eigenvalue weighted by atomic mass is 16.6. The number of allylic oxidation sites excluding steroid dienone is 2. The van der Waals surface area contributed by atoms with Crippen LogP contribution in [0, 0.1) is 0 Å². The van der Waals surface area contributed by atoms with Crippen molar-refractivity contribution in [3.63, 3.8) is 0 Å². The number of ether oxygens (including phenoxy) is 2. The highest BCUT2D eigenvalue weighted by molar-refractivity contribution is 5.70. The summed E-state index contributed by atoms with van der Waals surface area (Å²) in [4.78, 5) is 23.9. The Hall–Kier alpha value is -1.74. The number of hydrogen-bond acceptors (Lipinski definition) is 8. The van der Waals surface area contributed by atoms with Crippen LogP contribution in [0.2, 0.25) is 0 Å². The Balaban J connectivity index is -0.000000388. The summed E-state index contributed by atoms with van der Waals surface area (Å²) in [5.74, 6) is -0.343. The molecule has 0 bridgehead atoms. The number of carbonyl (C=O) groups excluding carboxylic acids is 2. The number of aliphatic hydroxyl groups is 4. The van der Waals surface area contributed by atoms with Gasteiger partial charge in [0.1, 0.15) is 12.7 Å². The Morgan fingerprint density at radius 2 is 0.755 bits per heavy atom. The lowest BCUT2D eigenvalue weighted by Crippen LogP contribution is -2.22. The SMILES string of the molecule is C=CC.C=CC.CCCCCCCCCCCCCC(=O)OCC(C)OC(=O)CCCCCCCCCCCCC.OCCO.OCCO. The summed E-state index contributed by atoms with van der Waals surface area (Å²) >= 11 is 0. The summed E-state index contributed by atoms with van der Waals surface area (Å²) in [6.45, 7) is 16.5. The van der Waals surface area contributed by atoms with E-state index in [9.17, 15) is 9.59 Å². The smallest absolute Gasteiger partial charge is 0.306 e. The molecule has 0 aliphatic carbocycles. The van der Waals surface area contributed by atoms with Crippen molar-refractivity contribution in [3.05, 3.63) is 25.3 Å². The zero-order valence-electron chi connectivity index (χ0n) is 33.1. The second-order valence-electron chi connectivity index (χ2n) is 12.3. The molecule has 0 aliphatic rings. The van der Waals surface area contributed by atoms with Gasteiger partial charge in [-0.25, -0.2) is 0 Å². The minimum absolute atomic E-state index is 0.125. The van der Waals surface area contributed by atoms with Gasteiger partial charge < -0.3 is 29.9 Å². The Morgan fingerprint density at radius 3 is 1.02 bits per heavy atom. The van der Waals surface area contributed by atoms with E-state index in [0.29, 0.717) is 12.8 Å². The van der Waals surface area contributed by atoms with E-state index in [4.69, 9.17) is 29.9 Å². The number of rotatable bonds is 29. The summed E-state index contributed by atoms with van der Waals surface area (Å²) in [5.41, 5.74) is 0. The minimum atomic E-state index is -0.364. The van der Waals surface area contributed by atoms with E-state index in [-0.39, 0.29) is 51.1 Å². The highest BCUT2D eigenvalue weighted by Crippen LogP contribution is 2.14. The maximum Gasteiger partial charge on any atom is 0.306 e. The molecule has 296 valence electrons. The Labute approximate surface area is 304 Å². The van der Waals surface area contributed by atoms with Crippen LogP contribution in [0.4, 0.5) is 0 Å². The molecule has 1 atom stereocenters. The van der Waals surface area contributed by atoms with Crippen molar-refractivity contribution in [2.24, 2.45) is 0 Å². The molecule has 0 fully saturated rings. The average molecular weight is 705 g/mol. The lowest BCUT2D eigenvalue weighted by Gasteiger charge is -2.13. The van der Waals surface area contributed by atoms with Gasteiger partial charge in [0.15, 0.2) is 0 Å². The van der Waals surface area contributed by atoms with Gasteiger partial charge >= 0.3 is 11.9 Å². The van der Waals surface area contributed by atoms with Crippen LogP contribution < -0.4 is 0 Å². The molecule has 0 saturated carbocycles. The third kappa shape index (κ3) is 72.9. The highest BCUT2D eigenvalue weighted by Gasteiger charge is 2.12. The lowest BCUT2D eigenvalue weighted by atomic mass is 10.1.